The van der Waals surface area contributed by atoms with Crippen LogP contribution in [-0.4, -0.2) is 33.3 Å². The molecule has 0 aliphatic heterocycles. The highest BCUT2D eigenvalue weighted by molar-refractivity contribution is 5.89. The van der Waals surface area contributed by atoms with Crippen LogP contribution in [-0.2, 0) is 16.0 Å². The molecule has 0 saturated carbocycles. The van der Waals surface area contributed by atoms with E-state index in [2.05, 4.69) is 29.6 Å². The second kappa shape index (κ2) is 8.32. The summed E-state index contributed by atoms with van der Waals surface area (Å²) in [7, 11) is 3.08. The lowest BCUT2D eigenvalue weighted by Gasteiger charge is -2.07. The molecule has 0 atom stereocenters. The molecule has 0 bridgehead atoms. The molecule has 0 radical (unpaired) electrons. The summed E-state index contributed by atoms with van der Waals surface area (Å²) in [5.74, 6) is -0.316. The first-order valence-corrected chi connectivity index (χ1v) is 7.22. The average Bonchev–Trinajstić information content (AvgIpc) is 2.59. The summed E-state index contributed by atoms with van der Waals surface area (Å²) < 4.78 is 9.69. The van der Waals surface area contributed by atoms with E-state index >= 15 is 0 Å². The molecule has 0 aliphatic carbocycles. The van der Waals surface area contributed by atoms with Crippen LogP contribution in [0.4, 0.5) is 0 Å². The van der Waals surface area contributed by atoms with Crippen LogP contribution in [0.25, 0.3) is 11.1 Å². The van der Waals surface area contributed by atoms with E-state index in [-0.39, 0.29) is 5.97 Å². The number of benzene rings is 2. The van der Waals surface area contributed by atoms with Crippen molar-refractivity contribution in [2.75, 3.05) is 27.4 Å². The molecule has 2 rings (SSSR count). The van der Waals surface area contributed by atoms with Crippen molar-refractivity contribution in [3.63, 3.8) is 0 Å². The molecule has 0 saturated heterocycles. The number of nitrogens with one attached hydrogen (secondary N) is 1. The topological polar surface area (TPSA) is 47.6 Å². The maximum Gasteiger partial charge on any atom is 0.337 e. The fraction of sp³-hybridized carbons (Fsp3) is 0.278. The third-order valence-electron chi connectivity index (χ3n) is 3.41. The molecule has 22 heavy (non-hydrogen) atoms. The van der Waals surface area contributed by atoms with Crippen LogP contribution in [0.2, 0.25) is 0 Å². The number of hydrogen-bond acceptors (Lipinski definition) is 4. The summed E-state index contributed by atoms with van der Waals surface area (Å²) in [5, 5.41) is 3.31. The van der Waals surface area contributed by atoms with Gasteiger partial charge < -0.3 is 14.8 Å². The van der Waals surface area contributed by atoms with Crippen molar-refractivity contribution < 1.29 is 14.3 Å². The van der Waals surface area contributed by atoms with Gasteiger partial charge in [0.15, 0.2) is 0 Å². The standard InChI is InChI=1S/C18H21NO3/c1-21-12-11-19-13-14-3-5-15(6-4-14)16-7-9-17(10-8-16)18(20)22-2/h3-10,19H,11-13H2,1-2H3. The molecular weight excluding hydrogens is 278 g/mol. The lowest BCUT2D eigenvalue weighted by molar-refractivity contribution is 0.0601. The Morgan fingerprint density at radius 3 is 2.09 bits per heavy atom. The van der Waals surface area contributed by atoms with Crippen molar-refractivity contribution in [1.29, 1.82) is 0 Å². The van der Waals surface area contributed by atoms with Crippen molar-refractivity contribution in [3.8, 4) is 11.1 Å². The summed E-state index contributed by atoms with van der Waals surface area (Å²) in [5.41, 5.74) is 3.99. The van der Waals surface area contributed by atoms with Crippen molar-refractivity contribution in [2.24, 2.45) is 0 Å². The second-order valence-electron chi connectivity index (χ2n) is 4.94. The fourth-order valence-corrected chi connectivity index (χ4v) is 2.14. The minimum atomic E-state index is -0.316. The van der Waals surface area contributed by atoms with Gasteiger partial charge in [-0.25, -0.2) is 4.79 Å². The van der Waals surface area contributed by atoms with E-state index in [9.17, 15) is 4.79 Å². The predicted molar refractivity (Wildman–Crippen MR) is 86.8 cm³/mol. The molecule has 4 heteroatoms. The van der Waals surface area contributed by atoms with Gasteiger partial charge in [-0.1, -0.05) is 36.4 Å². The van der Waals surface area contributed by atoms with Crippen LogP contribution in [0.15, 0.2) is 48.5 Å². The summed E-state index contributed by atoms with van der Waals surface area (Å²) >= 11 is 0. The first-order valence-electron chi connectivity index (χ1n) is 7.22. The van der Waals surface area contributed by atoms with Crippen LogP contribution >= 0.6 is 0 Å². The van der Waals surface area contributed by atoms with Gasteiger partial charge in [-0.15, -0.1) is 0 Å². The molecule has 116 valence electrons. The molecule has 2 aromatic carbocycles. The van der Waals surface area contributed by atoms with E-state index in [1.165, 1.54) is 12.7 Å². The second-order valence-corrected chi connectivity index (χ2v) is 4.94. The first kappa shape index (κ1) is 16.2. The third-order valence-corrected chi connectivity index (χ3v) is 3.41. The third kappa shape index (κ3) is 4.41. The molecule has 4 nitrogen and oxygen atoms in total. The van der Waals surface area contributed by atoms with Gasteiger partial charge in [-0.3, -0.25) is 0 Å². The quantitative estimate of drug-likeness (QED) is 0.631. The van der Waals surface area contributed by atoms with Gasteiger partial charge in [0.2, 0.25) is 0 Å². The number of hydrogen-bond donors (Lipinski definition) is 1. The SMILES string of the molecule is COCCNCc1ccc(-c2ccc(C(=O)OC)cc2)cc1. The fourth-order valence-electron chi connectivity index (χ4n) is 2.14. The first-order chi connectivity index (χ1) is 10.7. The number of carbonyl (C=O) groups is 1. The van der Waals surface area contributed by atoms with Crippen LogP contribution in [0, 0.1) is 0 Å². The molecule has 0 aromatic heterocycles. The lowest BCUT2D eigenvalue weighted by atomic mass is 10.0. The van der Waals surface area contributed by atoms with Crippen molar-refractivity contribution in [2.45, 2.75) is 6.54 Å². The Bertz CT molecular complexity index is 591. The summed E-state index contributed by atoms with van der Waals surface area (Å²) in [6, 6.07) is 15.8. The Balaban J connectivity index is 1.99. The van der Waals surface area contributed by atoms with Crippen LogP contribution in [0.1, 0.15) is 15.9 Å². The lowest BCUT2D eigenvalue weighted by Crippen LogP contribution is -2.18. The normalized spacial score (nSPS) is 10.5. The number of methoxy groups -OCH3 is 2. The average molecular weight is 299 g/mol. The van der Waals surface area contributed by atoms with Gasteiger partial charge in [0.05, 0.1) is 19.3 Å². The van der Waals surface area contributed by atoms with E-state index in [4.69, 9.17) is 9.47 Å². The Morgan fingerprint density at radius 2 is 1.55 bits per heavy atom. The molecule has 0 amide bonds. The molecule has 1 N–H and O–H groups in total. The molecular formula is C18H21NO3. The number of carbonyl (C=O) groups excluding carboxylic acids is 1. The molecule has 2 aromatic rings. The Morgan fingerprint density at radius 1 is 0.955 bits per heavy atom. The number of rotatable bonds is 7. The minimum Gasteiger partial charge on any atom is -0.465 e. The van der Waals surface area contributed by atoms with Crippen LogP contribution in [0.5, 0.6) is 0 Å². The van der Waals surface area contributed by atoms with Crippen molar-refractivity contribution in [1.82, 2.24) is 5.32 Å². The zero-order valence-corrected chi connectivity index (χ0v) is 13.0. The molecule has 0 heterocycles. The Hall–Kier alpha value is -2.17. The van der Waals surface area contributed by atoms with Crippen LogP contribution < -0.4 is 5.32 Å². The maximum atomic E-state index is 11.4. The summed E-state index contributed by atoms with van der Waals surface area (Å²) in [6.45, 7) is 2.38. The Kier molecular flexibility index (Phi) is 6.13. The van der Waals surface area contributed by atoms with E-state index < -0.39 is 0 Å². The predicted octanol–water partition coefficient (Wildman–Crippen LogP) is 2.88. The smallest absolute Gasteiger partial charge is 0.337 e. The van der Waals surface area contributed by atoms with E-state index in [1.807, 2.05) is 12.1 Å². The van der Waals surface area contributed by atoms with E-state index in [0.717, 1.165) is 24.2 Å². The monoisotopic (exact) mass is 299 g/mol. The highest BCUT2D eigenvalue weighted by Crippen LogP contribution is 2.20. The zero-order chi connectivity index (χ0) is 15.8. The van der Waals surface area contributed by atoms with Gasteiger partial charge in [0, 0.05) is 20.2 Å². The van der Waals surface area contributed by atoms with Gasteiger partial charge in [-0.05, 0) is 28.8 Å². The van der Waals surface area contributed by atoms with E-state index in [0.29, 0.717) is 12.2 Å². The molecule has 0 unspecified atom stereocenters. The summed E-state index contributed by atoms with van der Waals surface area (Å²) in [4.78, 5) is 11.4. The van der Waals surface area contributed by atoms with E-state index in [1.54, 1.807) is 19.2 Å². The maximum absolute atomic E-state index is 11.4. The summed E-state index contributed by atoms with van der Waals surface area (Å²) in [6.07, 6.45) is 0. The van der Waals surface area contributed by atoms with Crippen LogP contribution in [0.3, 0.4) is 0 Å². The van der Waals surface area contributed by atoms with Gasteiger partial charge in [0.25, 0.3) is 0 Å². The van der Waals surface area contributed by atoms with Gasteiger partial charge >= 0.3 is 5.97 Å². The highest BCUT2D eigenvalue weighted by atomic mass is 16.5. The molecule has 0 spiro atoms. The Labute approximate surface area is 131 Å². The van der Waals surface area contributed by atoms with Gasteiger partial charge in [-0.2, -0.15) is 0 Å². The van der Waals surface area contributed by atoms with Crippen molar-refractivity contribution >= 4 is 5.97 Å². The highest BCUT2D eigenvalue weighted by Gasteiger charge is 2.05. The number of ether oxygens (including phenoxy) is 2. The van der Waals surface area contributed by atoms with Gasteiger partial charge in [0.1, 0.15) is 0 Å². The number of esters is 1. The minimum absolute atomic E-state index is 0.316. The largest absolute Gasteiger partial charge is 0.465 e. The van der Waals surface area contributed by atoms with Crippen molar-refractivity contribution in [3.05, 3.63) is 59.7 Å². The zero-order valence-electron chi connectivity index (χ0n) is 13.0. The molecule has 0 aliphatic rings. The molecule has 0 fully saturated rings.